The first-order valence-electron chi connectivity index (χ1n) is 5.44. The minimum Gasteiger partial charge on any atom is -0.371 e. The lowest BCUT2D eigenvalue weighted by atomic mass is 10.1. The van der Waals surface area contributed by atoms with E-state index in [1.54, 1.807) is 0 Å². The zero-order chi connectivity index (χ0) is 12.2. The fraction of sp³-hybridized carbons (Fsp3) is 0.417. The third kappa shape index (κ3) is 1.60. The number of imidazole rings is 1. The molecule has 0 atom stereocenters. The van der Waals surface area contributed by atoms with Crippen LogP contribution in [0.4, 0.5) is 4.39 Å². The first-order valence-corrected chi connectivity index (χ1v) is 6.23. The van der Waals surface area contributed by atoms with E-state index < -0.39 is 0 Å². The molecule has 0 N–H and O–H groups in total. The molecule has 0 bridgehead atoms. The molecule has 3 rings (SSSR count). The highest BCUT2D eigenvalue weighted by Gasteiger charge is 2.31. The van der Waals surface area contributed by atoms with Crippen LogP contribution >= 0.6 is 15.9 Å². The van der Waals surface area contributed by atoms with E-state index in [1.807, 2.05) is 6.07 Å². The molecule has 0 aliphatic carbocycles. The summed E-state index contributed by atoms with van der Waals surface area (Å²) in [6, 6.07) is 3.34. The van der Waals surface area contributed by atoms with Gasteiger partial charge in [0.2, 0.25) is 0 Å². The minimum absolute atomic E-state index is 0.199. The van der Waals surface area contributed by atoms with Crippen molar-refractivity contribution >= 4 is 27.0 Å². The highest BCUT2D eigenvalue weighted by molar-refractivity contribution is 9.10. The predicted octanol–water partition coefficient (Wildman–Crippen LogP) is 3.20. The third-order valence-electron chi connectivity index (χ3n) is 3.04. The van der Waals surface area contributed by atoms with Crippen LogP contribution < -0.4 is 0 Å². The Morgan fingerprint density at radius 1 is 1.47 bits per heavy atom. The molecule has 0 spiro atoms. The monoisotopic (exact) mass is 298 g/mol. The van der Waals surface area contributed by atoms with E-state index in [-0.39, 0.29) is 11.4 Å². The number of fused-ring (bicyclic) bond motifs is 3. The largest absolute Gasteiger partial charge is 0.371 e. The van der Waals surface area contributed by atoms with Crippen LogP contribution in [0, 0.1) is 5.82 Å². The summed E-state index contributed by atoms with van der Waals surface area (Å²) < 4.78 is 22.1. The van der Waals surface area contributed by atoms with Gasteiger partial charge in [0.05, 0.1) is 17.7 Å². The second kappa shape index (κ2) is 3.53. The van der Waals surface area contributed by atoms with Crippen LogP contribution in [-0.4, -0.2) is 16.2 Å². The summed E-state index contributed by atoms with van der Waals surface area (Å²) in [7, 11) is 0. The summed E-state index contributed by atoms with van der Waals surface area (Å²) in [5.41, 5.74) is 1.04. The van der Waals surface area contributed by atoms with Crippen LogP contribution in [0.2, 0.25) is 0 Å². The zero-order valence-electron chi connectivity index (χ0n) is 9.63. The summed E-state index contributed by atoms with van der Waals surface area (Å²) in [4.78, 5) is 4.33. The number of aromatic nitrogens is 2. The van der Waals surface area contributed by atoms with Crippen LogP contribution in [0.25, 0.3) is 11.0 Å². The Morgan fingerprint density at radius 3 is 3.00 bits per heavy atom. The number of ether oxygens (including phenoxy) is 1. The molecule has 2 heterocycles. The molecule has 5 heteroatoms. The average molecular weight is 299 g/mol. The number of rotatable bonds is 0. The Bertz CT molecular complexity index is 606. The predicted molar refractivity (Wildman–Crippen MR) is 66.4 cm³/mol. The van der Waals surface area contributed by atoms with Crippen molar-refractivity contribution in [2.45, 2.75) is 26.0 Å². The molecule has 0 saturated heterocycles. The van der Waals surface area contributed by atoms with E-state index in [9.17, 15) is 4.39 Å². The van der Waals surface area contributed by atoms with Gasteiger partial charge in [0.15, 0.2) is 5.82 Å². The quantitative estimate of drug-likeness (QED) is 0.747. The Balaban J connectivity index is 2.41. The topological polar surface area (TPSA) is 27.1 Å². The molecular formula is C12H12BrFN2O. The van der Waals surface area contributed by atoms with Crippen LogP contribution in [-0.2, 0) is 16.9 Å². The molecule has 1 aliphatic rings. The number of nitrogens with zero attached hydrogens (tertiary/aromatic N) is 2. The summed E-state index contributed by atoms with van der Waals surface area (Å²) >= 11 is 3.32. The van der Waals surface area contributed by atoms with Crippen molar-refractivity contribution in [2.75, 3.05) is 6.61 Å². The number of hydrogen-bond donors (Lipinski definition) is 0. The van der Waals surface area contributed by atoms with Crippen LogP contribution in [0.5, 0.6) is 0 Å². The van der Waals surface area contributed by atoms with Gasteiger partial charge in [0.1, 0.15) is 17.9 Å². The summed E-state index contributed by atoms with van der Waals surface area (Å²) in [6.07, 6.45) is 0. The molecule has 2 aromatic rings. The first kappa shape index (κ1) is 11.2. The van der Waals surface area contributed by atoms with Crippen molar-refractivity contribution in [1.82, 2.24) is 9.55 Å². The Hall–Kier alpha value is -0.940. The molecule has 0 amide bonds. The van der Waals surface area contributed by atoms with E-state index in [0.717, 1.165) is 15.8 Å². The summed E-state index contributed by atoms with van der Waals surface area (Å²) in [5.74, 6) is 0.486. The lowest BCUT2D eigenvalue weighted by Crippen LogP contribution is -2.37. The molecule has 90 valence electrons. The highest BCUT2D eigenvalue weighted by atomic mass is 79.9. The van der Waals surface area contributed by atoms with Crippen molar-refractivity contribution < 1.29 is 9.13 Å². The van der Waals surface area contributed by atoms with Crippen LogP contribution in [0.3, 0.4) is 0 Å². The lowest BCUT2D eigenvalue weighted by molar-refractivity contribution is 0.0205. The van der Waals surface area contributed by atoms with Gasteiger partial charge in [-0.3, -0.25) is 0 Å². The van der Waals surface area contributed by atoms with Crippen molar-refractivity contribution in [3.8, 4) is 0 Å². The van der Waals surface area contributed by atoms with Crippen LogP contribution in [0.1, 0.15) is 19.7 Å². The Morgan fingerprint density at radius 2 is 2.24 bits per heavy atom. The van der Waals surface area contributed by atoms with E-state index in [2.05, 4.69) is 39.3 Å². The number of hydrogen-bond acceptors (Lipinski definition) is 2. The van der Waals surface area contributed by atoms with Gasteiger partial charge < -0.3 is 9.30 Å². The maximum Gasteiger partial charge on any atom is 0.152 e. The van der Waals surface area contributed by atoms with Crippen LogP contribution in [0.15, 0.2) is 16.6 Å². The zero-order valence-corrected chi connectivity index (χ0v) is 11.2. The maximum absolute atomic E-state index is 13.8. The minimum atomic E-state index is -0.299. The van der Waals surface area contributed by atoms with Gasteiger partial charge in [0.25, 0.3) is 0 Å². The van der Waals surface area contributed by atoms with Crippen molar-refractivity contribution in [2.24, 2.45) is 0 Å². The molecule has 0 saturated carbocycles. The number of halogens is 2. The van der Waals surface area contributed by atoms with Gasteiger partial charge in [-0.05, 0) is 26.0 Å². The fourth-order valence-electron chi connectivity index (χ4n) is 2.38. The van der Waals surface area contributed by atoms with Crippen molar-refractivity contribution in [1.29, 1.82) is 0 Å². The molecule has 1 aliphatic heterocycles. The normalized spacial score (nSPS) is 18.4. The lowest BCUT2D eigenvalue weighted by Gasteiger charge is -2.33. The average Bonchev–Trinajstić information content (AvgIpc) is 2.57. The Labute approximate surface area is 107 Å². The second-order valence-electron chi connectivity index (χ2n) is 4.92. The van der Waals surface area contributed by atoms with Gasteiger partial charge in [-0.15, -0.1) is 0 Å². The summed E-state index contributed by atoms with van der Waals surface area (Å²) in [5, 5.41) is 0. The van der Waals surface area contributed by atoms with Crippen molar-refractivity contribution in [3.05, 3.63) is 28.2 Å². The van der Waals surface area contributed by atoms with E-state index in [1.165, 1.54) is 6.07 Å². The molecule has 0 unspecified atom stereocenters. The van der Waals surface area contributed by atoms with E-state index in [4.69, 9.17) is 4.74 Å². The maximum atomic E-state index is 13.8. The molecule has 17 heavy (non-hydrogen) atoms. The van der Waals surface area contributed by atoms with E-state index in [0.29, 0.717) is 18.7 Å². The molecular weight excluding hydrogens is 287 g/mol. The molecule has 3 nitrogen and oxygen atoms in total. The molecule has 1 aromatic heterocycles. The first-order chi connectivity index (χ1) is 7.99. The fourth-order valence-corrected chi connectivity index (χ4v) is 2.80. The van der Waals surface area contributed by atoms with E-state index >= 15 is 0 Å². The number of benzene rings is 1. The van der Waals surface area contributed by atoms with Gasteiger partial charge >= 0.3 is 0 Å². The SMILES string of the molecule is CC1(C)COCc2nc3c(F)cc(Br)cc3n21. The van der Waals surface area contributed by atoms with Gasteiger partial charge in [-0.2, -0.15) is 0 Å². The standard InChI is InChI=1S/C12H12BrFN2O/c1-12(2)6-17-5-10-15-11-8(14)3-7(13)4-9(11)16(10)12/h3-4H,5-6H2,1-2H3. The van der Waals surface area contributed by atoms with Gasteiger partial charge in [-0.25, -0.2) is 9.37 Å². The van der Waals surface area contributed by atoms with Gasteiger partial charge in [-0.1, -0.05) is 15.9 Å². The molecule has 1 aromatic carbocycles. The Kier molecular flexibility index (Phi) is 2.32. The van der Waals surface area contributed by atoms with Gasteiger partial charge in [0, 0.05) is 4.47 Å². The second-order valence-corrected chi connectivity index (χ2v) is 5.84. The third-order valence-corrected chi connectivity index (χ3v) is 3.50. The summed E-state index contributed by atoms with van der Waals surface area (Å²) in [6.45, 7) is 5.18. The van der Waals surface area contributed by atoms with Crippen molar-refractivity contribution in [3.63, 3.8) is 0 Å². The smallest absolute Gasteiger partial charge is 0.152 e. The molecule has 0 radical (unpaired) electrons. The highest BCUT2D eigenvalue weighted by Crippen LogP contribution is 2.32. The molecule has 0 fully saturated rings.